The summed E-state index contributed by atoms with van der Waals surface area (Å²) in [7, 11) is 3.97. The maximum Gasteiger partial charge on any atom is 0.260 e. The summed E-state index contributed by atoms with van der Waals surface area (Å²) < 4.78 is 0. The molecule has 0 bridgehead atoms. The van der Waals surface area contributed by atoms with Gasteiger partial charge in [-0.25, -0.2) is 0 Å². The number of halogens is 1. The third-order valence-corrected chi connectivity index (χ3v) is 6.32. The minimum absolute atomic E-state index is 0.00742. The zero-order valence-electron chi connectivity index (χ0n) is 18.2. The Morgan fingerprint density at radius 3 is 2.52 bits per heavy atom. The van der Waals surface area contributed by atoms with Crippen LogP contribution in [0.3, 0.4) is 0 Å². The van der Waals surface area contributed by atoms with Crippen molar-refractivity contribution in [3.8, 4) is 0 Å². The quantitative estimate of drug-likeness (QED) is 0.714. The highest BCUT2D eigenvalue weighted by Gasteiger charge is 2.30. The lowest BCUT2D eigenvalue weighted by atomic mass is 10.1. The van der Waals surface area contributed by atoms with Crippen molar-refractivity contribution in [1.29, 1.82) is 0 Å². The van der Waals surface area contributed by atoms with Gasteiger partial charge in [-0.2, -0.15) is 0 Å². The second-order valence-electron chi connectivity index (χ2n) is 8.50. The molecule has 7 heteroatoms. The van der Waals surface area contributed by atoms with E-state index in [0.717, 1.165) is 36.6 Å². The molecule has 6 nitrogen and oxygen atoms in total. The van der Waals surface area contributed by atoms with Gasteiger partial charge in [0.05, 0.1) is 10.6 Å². The van der Waals surface area contributed by atoms with Crippen molar-refractivity contribution in [2.75, 3.05) is 56.6 Å². The SMILES string of the molecule is CN(C)CCN1Cc2ccccc2N(C(=O)c2ccc(N3CCCC3)cc2Cl)CC1=O. The number of nitrogens with zero attached hydrogens (tertiary/aromatic N) is 4. The van der Waals surface area contributed by atoms with E-state index in [4.69, 9.17) is 11.6 Å². The van der Waals surface area contributed by atoms with E-state index < -0.39 is 0 Å². The van der Waals surface area contributed by atoms with Gasteiger partial charge in [-0.1, -0.05) is 29.8 Å². The lowest BCUT2D eigenvalue weighted by molar-refractivity contribution is -0.130. The summed E-state index contributed by atoms with van der Waals surface area (Å²) in [5, 5.41) is 0.424. The van der Waals surface area contributed by atoms with Crippen molar-refractivity contribution in [3.05, 3.63) is 58.6 Å². The number of benzene rings is 2. The molecule has 0 radical (unpaired) electrons. The Bertz CT molecular complexity index is 972. The van der Waals surface area contributed by atoms with Crippen molar-refractivity contribution in [3.63, 3.8) is 0 Å². The molecule has 4 rings (SSSR count). The minimum atomic E-state index is -0.242. The normalized spacial score (nSPS) is 16.6. The molecule has 2 aromatic rings. The zero-order valence-corrected chi connectivity index (χ0v) is 18.9. The molecule has 31 heavy (non-hydrogen) atoms. The van der Waals surface area contributed by atoms with Gasteiger partial charge in [-0.3, -0.25) is 14.5 Å². The fraction of sp³-hybridized carbons (Fsp3) is 0.417. The number of hydrogen-bond donors (Lipinski definition) is 0. The Labute approximate surface area is 189 Å². The second-order valence-corrected chi connectivity index (χ2v) is 8.90. The molecule has 0 aliphatic carbocycles. The number of carbonyl (C=O) groups excluding carboxylic acids is 2. The molecule has 2 aromatic carbocycles. The van der Waals surface area contributed by atoms with Gasteiger partial charge in [0.1, 0.15) is 6.54 Å². The number of rotatable bonds is 5. The molecule has 2 aliphatic heterocycles. The summed E-state index contributed by atoms with van der Waals surface area (Å²) in [6.45, 7) is 3.92. The number of carbonyl (C=O) groups is 2. The Morgan fingerprint density at radius 1 is 1.06 bits per heavy atom. The van der Waals surface area contributed by atoms with Gasteiger partial charge in [-0.15, -0.1) is 0 Å². The van der Waals surface area contributed by atoms with E-state index >= 15 is 0 Å². The van der Waals surface area contributed by atoms with Gasteiger partial charge in [0.2, 0.25) is 5.91 Å². The first-order valence-corrected chi connectivity index (χ1v) is 11.2. The van der Waals surface area contributed by atoms with Crippen molar-refractivity contribution in [2.24, 2.45) is 0 Å². The van der Waals surface area contributed by atoms with Crippen molar-refractivity contribution in [2.45, 2.75) is 19.4 Å². The van der Waals surface area contributed by atoms with Gasteiger partial charge in [-0.05, 0) is 56.8 Å². The first-order chi connectivity index (χ1) is 14.9. The van der Waals surface area contributed by atoms with E-state index in [2.05, 4.69) is 9.80 Å². The first kappa shape index (κ1) is 21.7. The van der Waals surface area contributed by atoms with Crippen LogP contribution in [0.2, 0.25) is 5.02 Å². The van der Waals surface area contributed by atoms with Gasteiger partial charge in [0.25, 0.3) is 5.91 Å². The molecule has 1 saturated heterocycles. The van der Waals surface area contributed by atoms with Crippen LogP contribution in [0.5, 0.6) is 0 Å². The van der Waals surface area contributed by atoms with Crippen LogP contribution in [0.25, 0.3) is 0 Å². The summed E-state index contributed by atoms with van der Waals surface area (Å²) in [5.74, 6) is -0.301. The Morgan fingerprint density at radius 2 is 1.81 bits per heavy atom. The lowest BCUT2D eigenvalue weighted by Crippen LogP contribution is -2.42. The summed E-state index contributed by atoms with van der Waals surface area (Å²) in [4.78, 5) is 34.3. The highest BCUT2D eigenvalue weighted by molar-refractivity contribution is 6.35. The number of likely N-dealkylation sites (N-methyl/N-ethyl adjacent to an activating group) is 1. The van der Waals surface area contributed by atoms with Gasteiger partial charge >= 0.3 is 0 Å². The second kappa shape index (κ2) is 9.28. The molecule has 0 N–H and O–H groups in total. The molecule has 0 spiro atoms. The van der Waals surface area contributed by atoms with Crippen LogP contribution < -0.4 is 9.80 Å². The third kappa shape index (κ3) is 4.70. The molecular formula is C24H29ClN4O2. The maximum absolute atomic E-state index is 13.5. The van der Waals surface area contributed by atoms with E-state index in [1.54, 1.807) is 11.0 Å². The maximum atomic E-state index is 13.5. The highest BCUT2D eigenvalue weighted by Crippen LogP contribution is 2.31. The number of amides is 2. The van der Waals surface area contributed by atoms with Crippen molar-refractivity contribution < 1.29 is 9.59 Å². The van der Waals surface area contributed by atoms with Gasteiger partial charge in [0, 0.05) is 44.1 Å². The fourth-order valence-corrected chi connectivity index (χ4v) is 4.48. The number of fused-ring (bicyclic) bond motifs is 1. The number of anilines is 2. The molecule has 164 valence electrons. The lowest BCUT2D eigenvalue weighted by Gasteiger charge is -2.24. The van der Waals surface area contributed by atoms with Crippen LogP contribution in [0.15, 0.2) is 42.5 Å². The molecule has 0 saturated carbocycles. The monoisotopic (exact) mass is 440 g/mol. The molecule has 1 fully saturated rings. The minimum Gasteiger partial charge on any atom is -0.371 e. The predicted octanol–water partition coefficient (Wildman–Crippen LogP) is 3.49. The van der Waals surface area contributed by atoms with E-state index in [9.17, 15) is 9.59 Å². The average Bonchev–Trinajstić information content (AvgIpc) is 3.25. The Hall–Kier alpha value is -2.57. The standard InChI is InChI=1S/C24H29ClN4O2/c1-26(2)13-14-28-16-18-7-3-4-8-22(18)29(17-23(28)30)24(31)20-10-9-19(15-21(20)25)27-11-5-6-12-27/h3-4,7-10,15H,5-6,11-14,16-17H2,1-2H3. The largest absolute Gasteiger partial charge is 0.371 e. The van der Waals surface area contributed by atoms with Crippen LogP contribution in [0.1, 0.15) is 28.8 Å². The van der Waals surface area contributed by atoms with Crippen LogP contribution in [0.4, 0.5) is 11.4 Å². The third-order valence-electron chi connectivity index (χ3n) is 6.01. The smallest absolute Gasteiger partial charge is 0.260 e. The van der Waals surface area contributed by atoms with Crippen molar-refractivity contribution >= 4 is 34.8 Å². The van der Waals surface area contributed by atoms with Crippen LogP contribution in [-0.4, -0.2) is 68.4 Å². The average molecular weight is 441 g/mol. The van der Waals surface area contributed by atoms with E-state index in [1.165, 1.54) is 12.8 Å². The molecule has 2 aliphatic rings. The molecule has 2 amide bonds. The molecule has 0 atom stereocenters. The predicted molar refractivity (Wildman–Crippen MR) is 125 cm³/mol. The molecule has 0 unspecified atom stereocenters. The number of hydrogen-bond acceptors (Lipinski definition) is 4. The summed E-state index contributed by atoms with van der Waals surface area (Å²) in [5.41, 5.74) is 3.20. The summed E-state index contributed by atoms with van der Waals surface area (Å²) in [6.07, 6.45) is 2.35. The van der Waals surface area contributed by atoms with Gasteiger partial charge in [0.15, 0.2) is 0 Å². The Kier molecular flexibility index (Phi) is 6.49. The van der Waals surface area contributed by atoms with Crippen LogP contribution in [-0.2, 0) is 11.3 Å². The van der Waals surface area contributed by atoms with Crippen molar-refractivity contribution in [1.82, 2.24) is 9.80 Å². The van der Waals surface area contributed by atoms with E-state index in [1.807, 2.05) is 55.4 Å². The first-order valence-electron chi connectivity index (χ1n) is 10.8. The summed E-state index contributed by atoms with van der Waals surface area (Å²) >= 11 is 6.56. The molecular weight excluding hydrogens is 412 g/mol. The highest BCUT2D eigenvalue weighted by atomic mass is 35.5. The topological polar surface area (TPSA) is 47.1 Å². The summed E-state index contributed by atoms with van der Waals surface area (Å²) in [6, 6.07) is 13.3. The fourth-order valence-electron chi connectivity index (χ4n) is 4.22. The van der Waals surface area contributed by atoms with E-state index in [-0.39, 0.29) is 18.4 Å². The Balaban J connectivity index is 1.62. The van der Waals surface area contributed by atoms with Gasteiger partial charge < -0.3 is 14.7 Å². The molecule has 0 aromatic heterocycles. The molecule has 2 heterocycles. The van der Waals surface area contributed by atoms with E-state index in [0.29, 0.717) is 23.7 Å². The van der Waals surface area contributed by atoms with Crippen LogP contribution >= 0.6 is 11.6 Å². The number of para-hydroxylation sites is 1. The van der Waals surface area contributed by atoms with Crippen LogP contribution in [0, 0.1) is 0 Å². The zero-order chi connectivity index (χ0) is 22.0.